The summed E-state index contributed by atoms with van der Waals surface area (Å²) in [5, 5.41) is 14.2. The van der Waals surface area contributed by atoms with Gasteiger partial charge in [0.2, 0.25) is 0 Å². The van der Waals surface area contributed by atoms with Crippen LogP contribution in [0, 0.1) is 6.92 Å². The van der Waals surface area contributed by atoms with E-state index in [0.29, 0.717) is 17.7 Å². The first-order valence-corrected chi connectivity index (χ1v) is 9.03. The van der Waals surface area contributed by atoms with Crippen LogP contribution in [-0.2, 0) is 6.54 Å². The molecule has 0 fully saturated rings. The zero-order valence-corrected chi connectivity index (χ0v) is 15.8. The SMILES string of the molecule is CC[C@@H](NCc1cc(=O)oc2c(C)c(O)ccc12)c1ccc(Br)cc1. The third-order valence-corrected chi connectivity index (χ3v) is 4.97. The summed E-state index contributed by atoms with van der Waals surface area (Å²) >= 11 is 3.45. The second-order valence-corrected chi connectivity index (χ2v) is 6.99. The summed E-state index contributed by atoms with van der Waals surface area (Å²) in [5.74, 6) is 0.127. The highest BCUT2D eigenvalue weighted by atomic mass is 79.9. The maximum Gasteiger partial charge on any atom is 0.336 e. The fraction of sp³-hybridized carbons (Fsp3) is 0.250. The summed E-state index contributed by atoms with van der Waals surface area (Å²) in [6.07, 6.45) is 0.931. The molecule has 2 N–H and O–H groups in total. The Morgan fingerprint density at radius 3 is 2.60 bits per heavy atom. The van der Waals surface area contributed by atoms with Gasteiger partial charge in [0.1, 0.15) is 11.3 Å². The molecule has 0 radical (unpaired) electrons. The molecule has 0 amide bonds. The van der Waals surface area contributed by atoms with E-state index >= 15 is 0 Å². The van der Waals surface area contributed by atoms with Crippen LogP contribution < -0.4 is 10.9 Å². The van der Waals surface area contributed by atoms with Crippen LogP contribution in [0.25, 0.3) is 11.0 Å². The van der Waals surface area contributed by atoms with Crippen molar-refractivity contribution in [2.24, 2.45) is 0 Å². The Morgan fingerprint density at radius 2 is 1.92 bits per heavy atom. The predicted molar refractivity (Wildman–Crippen MR) is 103 cm³/mol. The molecule has 0 spiro atoms. The summed E-state index contributed by atoms with van der Waals surface area (Å²) in [7, 11) is 0. The zero-order valence-electron chi connectivity index (χ0n) is 14.2. The third-order valence-electron chi connectivity index (χ3n) is 4.44. The summed E-state index contributed by atoms with van der Waals surface area (Å²) < 4.78 is 6.35. The Morgan fingerprint density at radius 1 is 1.20 bits per heavy atom. The van der Waals surface area contributed by atoms with Crippen LogP contribution in [0.5, 0.6) is 5.75 Å². The summed E-state index contributed by atoms with van der Waals surface area (Å²) in [6.45, 7) is 4.41. The zero-order chi connectivity index (χ0) is 18.0. The monoisotopic (exact) mass is 401 g/mol. The van der Waals surface area contributed by atoms with Crippen LogP contribution in [0.1, 0.15) is 36.1 Å². The Bertz CT molecular complexity index is 948. The normalized spacial score (nSPS) is 12.4. The van der Waals surface area contributed by atoms with Gasteiger partial charge >= 0.3 is 5.63 Å². The summed E-state index contributed by atoms with van der Waals surface area (Å²) in [5.41, 5.74) is 2.68. The lowest BCUT2D eigenvalue weighted by Gasteiger charge is -2.18. The molecule has 1 heterocycles. The molecule has 3 rings (SSSR count). The highest BCUT2D eigenvalue weighted by Gasteiger charge is 2.13. The molecule has 3 aromatic rings. The average Bonchev–Trinajstić information content (AvgIpc) is 2.60. The van der Waals surface area contributed by atoms with Crippen molar-refractivity contribution in [3.8, 4) is 5.75 Å². The van der Waals surface area contributed by atoms with E-state index < -0.39 is 5.63 Å². The van der Waals surface area contributed by atoms with Crippen LogP contribution >= 0.6 is 15.9 Å². The minimum Gasteiger partial charge on any atom is -0.508 e. The first-order valence-electron chi connectivity index (χ1n) is 8.23. The van der Waals surface area contributed by atoms with Gasteiger partial charge < -0.3 is 14.8 Å². The molecule has 1 atom stereocenters. The van der Waals surface area contributed by atoms with Gasteiger partial charge in [-0.05, 0) is 48.7 Å². The lowest BCUT2D eigenvalue weighted by molar-refractivity contribution is 0.468. The second kappa shape index (κ2) is 7.42. The van der Waals surface area contributed by atoms with Gasteiger partial charge in [0.15, 0.2) is 0 Å². The van der Waals surface area contributed by atoms with Gasteiger partial charge in [0.25, 0.3) is 0 Å². The highest BCUT2D eigenvalue weighted by molar-refractivity contribution is 9.10. The van der Waals surface area contributed by atoms with E-state index in [0.717, 1.165) is 21.8 Å². The summed E-state index contributed by atoms with van der Waals surface area (Å²) in [4.78, 5) is 11.9. The number of aromatic hydroxyl groups is 1. The first kappa shape index (κ1) is 17.7. The maximum atomic E-state index is 11.9. The molecule has 0 bridgehead atoms. The number of hydrogen-bond acceptors (Lipinski definition) is 4. The number of halogens is 1. The largest absolute Gasteiger partial charge is 0.508 e. The lowest BCUT2D eigenvalue weighted by atomic mass is 10.0. The molecule has 0 aliphatic carbocycles. The molecule has 1 aromatic heterocycles. The topological polar surface area (TPSA) is 62.5 Å². The molecule has 4 nitrogen and oxygen atoms in total. The molecular formula is C20H20BrNO3. The molecule has 25 heavy (non-hydrogen) atoms. The van der Waals surface area contributed by atoms with Crippen LogP contribution in [0.2, 0.25) is 0 Å². The van der Waals surface area contributed by atoms with Crippen LogP contribution in [0.3, 0.4) is 0 Å². The van der Waals surface area contributed by atoms with E-state index in [1.165, 1.54) is 11.6 Å². The molecule has 2 aromatic carbocycles. The average molecular weight is 402 g/mol. The third kappa shape index (κ3) is 3.78. The number of nitrogens with one attached hydrogen (secondary N) is 1. The lowest BCUT2D eigenvalue weighted by Crippen LogP contribution is -2.21. The Balaban J connectivity index is 1.91. The number of aryl methyl sites for hydroxylation is 1. The van der Waals surface area contributed by atoms with E-state index in [-0.39, 0.29) is 11.8 Å². The van der Waals surface area contributed by atoms with Gasteiger partial charge in [-0.25, -0.2) is 4.79 Å². The smallest absolute Gasteiger partial charge is 0.336 e. The van der Waals surface area contributed by atoms with Crippen molar-refractivity contribution in [2.45, 2.75) is 32.9 Å². The Hall–Kier alpha value is -2.11. The van der Waals surface area contributed by atoms with Gasteiger partial charge in [-0.15, -0.1) is 0 Å². The number of fused-ring (bicyclic) bond motifs is 1. The summed E-state index contributed by atoms with van der Waals surface area (Å²) in [6, 6.07) is 13.4. The van der Waals surface area contributed by atoms with Crippen molar-refractivity contribution in [3.05, 3.63) is 74.0 Å². The van der Waals surface area contributed by atoms with Crippen LogP contribution in [0.15, 0.2) is 56.1 Å². The van der Waals surface area contributed by atoms with E-state index in [4.69, 9.17) is 4.42 Å². The van der Waals surface area contributed by atoms with Crippen molar-refractivity contribution in [1.29, 1.82) is 0 Å². The first-order chi connectivity index (χ1) is 12.0. The fourth-order valence-corrected chi connectivity index (χ4v) is 3.25. The Labute approximate surface area is 154 Å². The predicted octanol–water partition coefficient (Wildman–Crippen LogP) is 4.81. The van der Waals surface area contributed by atoms with Gasteiger partial charge in [-0.1, -0.05) is 35.0 Å². The maximum absolute atomic E-state index is 11.9. The molecule has 0 saturated heterocycles. The van der Waals surface area contributed by atoms with E-state index in [1.807, 2.05) is 12.1 Å². The molecule has 130 valence electrons. The van der Waals surface area contributed by atoms with Crippen LogP contribution in [0.4, 0.5) is 0 Å². The quantitative estimate of drug-likeness (QED) is 0.602. The Kier molecular flexibility index (Phi) is 5.25. The van der Waals surface area contributed by atoms with Gasteiger partial charge in [0.05, 0.1) is 0 Å². The van der Waals surface area contributed by atoms with Crippen molar-refractivity contribution < 1.29 is 9.52 Å². The van der Waals surface area contributed by atoms with Crippen molar-refractivity contribution in [1.82, 2.24) is 5.32 Å². The molecule has 0 unspecified atom stereocenters. The molecule has 0 saturated carbocycles. The number of benzene rings is 2. The standard InChI is InChI=1S/C20H20BrNO3/c1-3-17(13-4-6-15(21)7-5-13)22-11-14-10-19(24)25-20-12(2)18(23)9-8-16(14)20/h4-10,17,22-23H,3,11H2,1-2H3/t17-/m1/s1. The number of hydrogen-bond donors (Lipinski definition) is 2. The van der Waals surface area contributed by atoms with Gasteiger partial charge in [-0.3, -0.25) is 0 Å². The van der Waals surface area contributed by atoms with Crippen LogP contribution in [-0.4, -0.2) is 5.11 Å². The van der Waals surface area contributed by atoms with E-state index in [2.05, 4.69) is 40.3 Å². The molecule has 0 aliphatic heterocycles. The number of phenols is 1. The van der Waals surface area contributed by atoms with Gasteiger partial charge in [0, 0.05) is 34.1 Å². The molecule has 0 aliphatic rings. The van der Waals surface area contributed by atoms with Crippen molar-refractivity contribution in [3.63, 3.8) is 0 Å². The highest BCUT2D eigenvalue weighted by Crippen LogP contribution is 2.28. The minimum atomic E-state index is -0.408. The van der Waals surface area contributed by atoms with E-state index in [9.17, 15) is 9.90 Å². The fourth-order valence-electron chi connectivity index (χ4n) is 2.99. The number of phenolic OH excluding ortho intramolecular Hbond substituents is 1. The molecule has 5 heteroatoms. The van der Waals surface area contributed by atoms with Crippen molar-refractivity contribution in [2.75, 3.05) is 0 Å². The number of rotatable bonds is 5. The molecular weight excluding hydrogens is 382 g/mol. The minimum absolute atomic E-state index is 0.127. The second-order valence-electron chi connectivity index (χ2n) is 6.07. The van der Waals surface area contributed by atoms with Crippen molar-refractivity contribution >= 4 is 26.9 Å². The van der Waals surface area contributed by atoms with E-state index in [1.54, 1.807) is 19.1 Å². The van der Waals surface area contributed by atoms with Gasteiger partial charge in [-0.2, -0.15) is 0 Å².